The molecule has 1 fully saturated rings. The van der Waals surface area contributed by atoms with Crippen molar-refractivity contribution in [2.24, 2.45) is 5.92 Å². The number of carbonyl (C=O) groups is 2. The molecule has 22 heavy (non-hydrogen) atoms. The fourth-order valence-corrected chi connectivity index (χ4v) is 2.78. The summed E-state index contributed by atoms with van der Waals surface area (Å²) in [7, 11) is 0. The van der Waals surface area contributed by atoms with E-state index < -0.39 is 12.6 Å². The van der Waals surface area contributed by atoms with Gasteiger partial charge < -0.3 is 15.7 Å². The molecule has 1 saturated carbocycles. The Balaban J connectivity index is 1.82. The molecule has 5 nitrogen and oxygen atoms in total. The van der Waals surface area contributed by atoms with Crippen molar-refractivity contribution in [1.29, 1.82) is 0 Å². The lowest BCUT2D eigenvalue weighted by atomic mass is 9.89. The average molecular weight is 304 g/mol. The second-order valence-electron chi connectivity index (χ2n) is 5.82. The summed E-state index contributed by atoms with van der Waals surface area (Å²) < 4.78 is 0. The van der Waals surface area contributed by atoms with E-state index in [4.69, 9.17) is 0 Å². The van der Waals surface area contributed by atoms with Gasteiger partial charge in [0.25, 0.3) is 5.91 Å². The lowest BCUT2D eigenvalue weighted by Crippen LogP contribution is -2.49. The second kappa shape index (κ2) is 8.54. The largest absolute Gasteiger partial charge is 0.394 e. The maximum atomic E-state index is 12.1. The molecule has 0 unspecified atom stereocenters. The topological polar surface area (TPSA) is 78.4 Å². The zero-order valence-corrected chi connectivity index (χ0v) is 12.8. The Labute approximate surface area is 131 Å². The summed E-state index contributed by atoms with van der Waals surface area (Å²) in [6.45, 7) is 0.214. The van der Waals surface area contributed by atoms with Crippen LogP contribution in [0.15, 0.2) is 30.3 Å². The maximum absolute atomic E-state index is 12.1. The lowest BCUT2D eigenvalue weighted by molar-refractivity contribution is -0.124. The first-order chi connectivity index (χ1) is 10.7. The molecule has 1 aliphatic carbocycles. The Morgan fingerprint density at radius 3 is 2.45 bits per heavy atom. The molecule has 0 aromatic heterocycles. The van der Waals surface area contributed by atoms with Crippen molar-refractivity contribution in [1.82, 2.24) is 10.6 Å². The normalized spacial score (nSPS) is 16.8. The molecule has 0 heterocycles. The van der Waals surface area contributed by atoms with Crippen LogP contribution < -0.4 is 10.6 Å². The fraction of sp³-hybridized carbons (Fsp3) is 0.529. The molecule has 0 spiro atoms. The minimum absolute atomic E-state index is 0.322. The molecule has 5 heteroatoms. The Kier molecular flexibility index (Phi) is 6.40. The van der Waals surface area contributed by atoms with Crippen LogP contribution in [0.25, 0.3) is 0 Å². The zero-order valence-electron chi connectivity index (χ0n) is 12.8. The van der Waals surface area contributed by atoms with Crippen molar-refractivity contribution in [3.05, 3.63) is 35.9 Å². The van der Waals surface area contributed by atoms with Gasteiger partial charge in [0, 0.05) is 12.1 Å². The number of aliphatic hydroxyl groups excluding tert-OH is 1. The SMILES string of the molecule is O=C(N[C@@H](CO)C(=O)NCC1CCCCC1)c1ccccc1. The zero-order chi connectivity index (χ0) is 15.8. The van der Waals surface area contributed by atoms with E-state index in [2.05, 4.69) is 10.6 Å². The van der Waals surface area contributed by atoms with Gasteiger partial charge in [0.05, 0.1) is 6.61 Å². The summed E-state index contributed by atoms with van der Waals surface area (Å²) in [4.78, 5) is 24.1. The molecule has 1 aliphatic rings. The molecule has 0 bridgehead atoms. The van der Waals surface area contributed by atoms with Gasteiger partial charge in [-0.2, -0.15) is 0 Å². The molecule has 1 aromatic carbocycles. The van der Waals surface area contributed by atoms with Crippen LogP contribution in [0, 0.1) is 5.92 Å². The van der Waals surface area contributed by atoms with Crippen molar-refractivity contribution < 1.29 is 14.7 Å². The van der Waals surface area contributed by atoms with Gasteiger partial charge in [-0.15, -0.1) is 0 Å². The van der Waals surface area contributed by atoms with E-state index >= 15 is 0 Å². The van der Waals surface area contributed by atoms with Gasteiger partial charge in [0.15, 0.2) is 0 Å². The highest BCUT2D eigenvalue weighted by atomic mass is 16.3. The highest BCUT2D eigenvalue weighted by molar-refractivity contribution is 5.97. The van der Waals surface area contributed by atoms with Crippen LogP contribution in [0.3, 0.4) is 0 Å². The summed E-state index contributed by atoms with van der Waals surface area (Å²) in [5, 5.41) is 14.8. The van der Waals surface area contributed by atoms with Crippen LogP contribution in [0.5, 0.6) is 0 Å². The second-order valence-corrected chi connectivity index (χ2v) is 5.82. The van der Waals surface area contributed by atoms with E-state index in [0.717, 1.165) is 12.8 Å². The summed E-state index contributed by atoms with van der Waals surface area (Å²) in [5.41, 5.74) is 0.473. The molecule has 2 amide bonds. The Hall–Kier alpha value is -1.88. The van der Waals surface area contributed by atoms with E-state index in [-0.39, 0.29) is 11.8 Å². The van der Waals surface area contributed by atoms with E-state index in [1.165, 1.54) is 19.3 Å². The van der Waals surface area contributed by atoms with Gasteiger partial charge in [-0.1, -0.05) is 37.5 Å². The van der Waals surface area contributed by atoms with Crippen LogP contribution in [0.1, 0.15) is 42.5 Å². The van der Waals surface area contributed by atoms with Crippen LogP contribution in [-0.4, -0.2) is 36.1 Å². The van der Waals surface area contributed by atoms with Gasteiger partial charge in [-0.25, -0.2) is 0 Å². The first kappa shape index (κ1) is 16.5. The third-order valence-electron chi connectivity index (χ3n) is 4.13. The number of rotatable bonds is 6. The molecule has 2 rings (SSSR count). The number of hydrogen-bond donors (Lipinski definition) is 3. The molecule has 3 N–H and O–H groups in total. The van der Waals surface area contributed by atoms with Crippen LogP contribution in [-0.2, 0) is 4.79 Å². The predicted octanol–water partition coefficient (Wildman–Crippen LogP) is 1.47. The number of benzene rings is 1. The molecule has 120 valence electrons. The van der Waals surface area contributed by atoms with Crippen molar-refractivity contribution in [2.75, 3.05) is 13.2 Å². The highest BCUT2D eigenvalue weighted by Gasteiger charge is 2.22. The van der Waals surface area contributed by atoms with Crippen molar-refractivity contribution in [3.63, 3.8) is 0 Å². The maximum Gasteiger partial charge on any atom is 0.251 e. The molecule has 0 aliphatic heterocycles. The van der Waals surface area contributed by atoms with Gasteiger partial charge in [-0.3, -0.25) is 9.59 Å². The Morgan fingerprint density at radius 2 is 1.82 bits per heavy atom. The van der Waals surface area contributed by atoms with Crippen LogP contribution >= 0.6 is 0 Å². The average Bonchev–Trinajstić information content (AvgIpc) is 2.59. The number of carbonyl (C=O) groups excluding carboxylic acids is 2. The third kappa shape index (κ3) is 4.84. The number of nitrogens with one attached hydrogen (secondary N) is 2. The monoisotopic (exact) mass is 304 g/mol. The summed E-state index contributed by atoms with van der Waals surface area (Å²) >= 11 is 0. The standard InChI is InChI=1S/C17H24N2O3/c20-12-15(19-16(21)14-9-5-2-6-10-14)17(22)18-11-13-7-3-1-4-8-13/h2,5-6,9-10,13,15,20H,1,3-4,7-8,11-12H2,(H,18,22)(H,19,21)/t15-/m0/s1. The van der Waals surface area contributed by atoms with E-state index in [1.54, 1.807) is 24.3 Å². The van der Waals surface area contributed by atoms with E-state index in [9.17, 15) is 14.7 Å². The number of hydrogen-bond acceptors (Lipinski definition) is 3. The third-order valence-corrected chi connectivity index (χ3v) is 4.13. The van der Waals surface area contributed by atoms with Crippen molar-refractivity contribution in [2.45, 2.75) is 38.1 Å². The smallest absolute Gasteiger partial charge is 0.251 e. The minimum atomic E-state index is -0.906. The fourth-order valence-electron chi connectivity index (χ4n) is 2.78. The summed E-state index contributed by atoms with van der Waals surface area (Å²) in [5.74, 6) is -0.160. The molecule has 1 aromatic rings. The summed E-state index contributed by atoms with van der Waals surface area (Å²) in [6, 6.07) is 7.76. The quantitative estimate of drug-likeness (QED) is 0.745. The van der Waals surface area contributed by atoms with E-state index in [1.807, 2.05) is 6.07 Å². The van der Waals surface area contributed by atoms with Gasteiger partial charge in [0.2, 0.25) is 5.91 Å². The molecular formula is C17H24N2O3. The molecular weight excluding hydrogens is 280 g/mol. The molecule has 1 atom stereocenters. The first-order valence-corrected chi connectivity index (χ1v) is 7.95. The van der Waals surface area contributed by atoms with Gasteiger partial charge in [-0.05, 0) is 30.9 Å². The minimum Gasteiger partial charge on any atom is -0.394 e. The summed E-state index contributed by atoms with van der Waals surface area (Å²) in [6.07, 6.45) is 5.99. The van der Waals surface area contributed by atoms with Gasteiger partial charge >= 0.3 is 0 Å². The molecule has 0 radical (unpaired) electrons. The Bertz CT molecular complexity index is 484. The Morgan fingerprint density at radius 1 is 1.14 bits per heavy atom. The molecule has 0 saturated heterocycles. The highest BCUT2D eigenvalue weighted by Crippen LogP contribution is 2.22. The lowest BCUT2D eigenvalue weighted by Gasteiger charge is -2.23. The van der Waals surface area contributed by atoms with Crippen molar-refractivity contribution in [3.8, 4) is 0 Å². The van der Waals surface area contributed by atoms with Crippen LogP contribution in [0.2, 0.25) is 0 Å². The van der Waals surface area contributed by atoms with Gasteiger partial charge in [0.1, 0.15) is 6.04 Å². The predicted molar refractivity (Wildman–Crippen MR) is 84.4 cm³/mol. The van der Waals surface area contributed by atoms with E-state index in [0.29, 0.717) is 18.0 Å². The number of aliphatic hydroxyl groups is 1. The first-order valence-electron chi connectivity index (χ1n) is 7.95. The number of amides is 2. The van der Waals surface area contributed by atoms with Crippen molar-refractivity contribution >= 4 is 11.8 Å². The van der Waals surface area contributed by atoms with Crippen LogP contribution in [0.4, 0.5) is 0 Å².